The Morgan fingerprint density at radius 1 is 1.03 bits per heavy atom. The van der Waals surface area contributed by atoms with Crippen LogP contribution in [0.1, 0.15) is 30.0 Å². The number of hydrogen-bond acceptors (Lipinski definition) is 5. The smallest absolute Gasteiger partial charge is 0.303 e. The molecule has 6 heteroatoms. The zero-order valence-electron chi connectivity index (χ0n) is 18.7. The van der Waals surface area contributed by atoms with Gasteiger partial charge in [-0.25, -0.2) is 4.98 Å². The van der Waals surface area contributed by atoms with Crippen LogP contribution >= 0.6 is 11.3 Å². The molecule has 0 unspecified atom stereocenters. The van der Waals surface area contributed by atoms with E-state index in [1.165, 1.54) is 10.3 Å². The highest BCUT2D eigenvalue weighted by Gasteiger charge is 2.14. The molecule has 4 rings (SSSR count). The van der Waals surface area contributed by atoms with E-state index in [0.29, 0.717) is 19.6 Å². The van der Waals surface area contributed by atoms with Gasteiger partial charge in [0.05, 0.1) is 16.8 Å². The van der Waals surface area contributed by atoms with E-state index in [1.807, 2.05) is 42.5 Å². The summed E-state index contributed by atoms with van der Waals surface area (Å²) < 4.78 is 7.29. The maximum Gasteiger partial charge on any atom is 0.303 e. The summed E-state index contributed by atoms with van der Waals surface area (Å²) in [5.41, 5.74) is 4.46. The average molecular weight is 461 g/mol. The fourth-order valence-electron chi connectivity index (χ4n) is 3.82. The molecule has 0 radical (unpaired) electrons. The van der Waals surface area contributed by atoms with Crippen molar-refractivity contribution in [1.29, 1.82) is 0 Å². The Kier molecular flexibility index (Phi) is 7.58. The van der Waals surface area contributed by atoms with Crippen molar-refractivity contribution in [3.63, 3.8) is 0 Å². The SMILES string of the molecule is CCc1cc(OCCN(Cc2ccccc2)c2nc3ccccc3s2)ccc1CCC(=O)O. The Hall–Kier alpha value is -3.38. The number of carboxylic acids is 1. The highest BCUT2D eigenvalue weighted by atomic mass is 32.1. The van der Waals surface area contributed by atoms with Crippen LogP contribution in [0.3, 0.4) is 0 Å². The molecule has 170 valence electrons. The van der Waals surface area contributed by atoms with E-state index in [2.05, 4.69) is 42.2 Å². The topological polar surface area (TPSA) is 62.7 Å². The fourth-order valence-corrected chi connectivity index (χ4v) is 4.81. The van der Waals surface area contributed by atoms with Crippen molar-refractivity contribution in [3.8, 4) is 5.75 Å². The van der Waals surface area contributed by atoms with Gasteiger partial charge in [0.1, 0.15) is 12.4 Å². The monoisotopic (exact) mass is 460 g/mol. The van der Waals surface area contributed by atoms with Gasteiger partial charge in [0.2, 0.25) is 0 Å². The molecular formula is C27H28N2O3S. The third-order valence-electron chi connectivity index (χ3n) is 5.57. The Morgan fingerprint density at radius 2 is 1.82 bits per heavy atom. The number of para-hydroxylation sites is 1. The second-order valence-corrected chi connectivity index (χ2v) is 8.91. The summed E-state index contributed by atoms with van der Waals surface area (Å²) in [6.45, 7) is 4.08. The zero-order chi connectivity index (χ0) is 23.0. The summed E-state index contributed by atoms with van der Waals surface area (Å²) in [7, 11) is 0. The van der Waals surface area contributed by atoms with Crippen molar-refractivity contribution in [2.45, 2.75) is 32.7 Å². The highest BCUT2D eigenvalue weighted by molar-refractivity contribution is 7.22. The van der Waals surface area contributed by atoms with Gasteiger partial charge in [-0.15, -0.1) is 0 Å². The van der Waals surface area contributed by atoms with E-state index in [-0.39, 0.29) is 6.42 Å². The van der Waals surface area contributed by atoms with E-state index in [9.17, 15) is 4.79 Å². The lowest BCUT2D eigenvalue weighted by atomic mass is 10.0. The maximum absolute atomic E-state index is 10.9. The number of anilines is 1. The van der Waals surface area contributed by atoms with E-state index < -0.39 is 5.97 Å². The van der Waals surface area contributed by atoms with Crippen LogP contribution in [0.2, 0.25) is 0 Å². The van der Waals surface area contributed by atoms with Crippen molar-refractivity contribution in [3.05, 3.63) is 89.5 Å². The highest BCUT2D eigenvalue weighted by Crippen LogP contribution is 2.29. The third-order valence-corrected chi connectivity index (χ3v) is 6.66. The minimum atomic E-state index is -0.772. The normalized spacial score (nSPS) is 10.9. The van der Waals surface area contributed by atoms with Crippen LogP contribution < -0.4 is 9.64 Å². The van der Waals surface area contributed by atoms with E-state index in [1.54, 1.807) is 11.3 Å². The van der Waals surface area contributed by atoms with Crippen molar-refractivity contribution < 1.29 is 14.6 Å². The molecule has 3 aromatic carbocycles. The van der Waals surface area contributed by atoms with Gasteiger partial charge in [-0.3, -0.25) is 4.79 Å². The molecule has 0 aliphatic carbocycles. The van der Waals surface area contributed by atoms with Crippen molar-refractivity contribution in [2.24, 2.45) is 0 Å². The molecule has 4 aromatic rings. The van der Waals surface area contributed by atoms with Crippen LogP contribution in [-0.2, 0) is 24.2 Å². The standard InChI is InChI=1S/C27H28N2O3S/c1-2-21-18-23(14-12-22(21)13-15-26(30)31)32-17-16-29(19-20-8-4-3-5-9-20)27-28-24-10-6-7-11-25(24)33-27/h3-12,14,18H,2,13,15-17,19H2,1H3,(H,30,31). The molecule has 0 spiro atoms. The molecular weight excluding hydrogens is 432 g/mol. The minimum Gasteiger partial charge on any atom is -0.492 e. The fraction of sp³-hybridized carbons (Fsp3) is 0.259. The van der Waals surface area contributed by atoms with Crippen LogP contribution in [0.5, 0.6) is 5.75 Å². The molecule has 1 N–H and O–H groups in total. The van der Waals surface area contributed by atoms with Crippen LogP contribution in [0.25, 0.3) is 10.2 Å². The van der Waals surface area contributed by atoms with Gasteiger partial charge in [0.25, 0.3) is 0 Å². The van der Waals surface area contributed by atoms with Gasteiger partial charge < -0.3 is 14.7 Å². The molecule has 0 amide bonds. The average Bonchev–Trinajstić information content (AvgIpc) is 3.27. The molecule has 1 heterocycles. The van der Waals surface area contributed by atoms with Gasteiger partial charge in [-0.2, -0.15) is 0 Å². The number of hydrogen-bond donors (Lipinski definition) is 1. The second kappa shape index (κ2) is 11.0. The molecule has 33 heavy (non-hydrogen) atoms. The van der Waals surface area contributed by atoms with Crippen LogP contribution in [-0.4, -0.2) is 29.2 Å². The van der Waals surface area contributed by atoms with Crippen LogP contribution in [0.15, 0.2) is 72.8 Å². The number of thiazole rings is 1. The third kappa shape index (κ3) is 6.11. The van der Waals surface area contributed by atoms with Gasteiger partial charge in [-0.05, 0) is 53.8 Å². The molecule has 0 atom stereocenters. The lowest BCUT2D eigenvalue weighted by Crippen LogP contribution is -2.27. The summed E-state index contributed by atoms with van der Waals surface area (Å²) in [6, 6.07) is 24.6. The number of ether oxygens (including phenoxy) is 1. The number of aliphatic carboxylic acids is 1. The molecule has 0 saturated carbocycles. The minimum absolute atomic E-state index is 0.143. The van der Waals surface area contributed by atoms with Crippen LogP contribution in [0.4, 0.5) is 5.13 Å². The largest absolute Gasteiger partial charge is 0.492 e. The van der Waals surface area contributed by atoms with Crippen LogP contribution in [0, 0.1) is 0 Å². The van der Waals surface area contributed by atoms with E-state index >= 15 is 0 Å². The van der Waals surface area contributed by atoms with Crippen molar-refractivity contribution >= 4 is 32.7 Å². The van der Waals surface area contributed by atoms with E-state index in [0.717, 1.165) is 40.5 Å². The number of aryl methyl sites for hydroxylation is 2. The number of aromatic nitrogens is 1. The first-order chi connectivity index (χ1) is 16.1. The molecule has 0 aliphatic rings. The van der Waals surface area contributed by atoms with E-state index in [4.69, 9.17) is 14.8 Å². The lowest BCUT2D eigenvalue weighted by molar-refractivity contribution is -0.136. The van der Waals surface area contributed by atoms with Gasteiger partial charge >= 0.3 is 5.97 Å². The Balaban J connectivity index is 1.46. The first-order valence-corrected chi connectivity index (χ1v) is 12.0. The first-order valence-electron chi connectivity index (χ1n) is 11.2. The Labute approximate surface area is 198 Å². The molecule has 0 aliphatic heterocycles. The molecule has 1 aromatic heterocycles. The Bertz CT molecular complexity index is 1170. The maximum atomic E-state index is 10.9. The predicted molar refractivity (Wildman–Crippen MR) is 134 cm³/mol. The molecule has 0 bridgehead atoms. The number of fused-ring (bicyclic) bond motifs is 1. The Morgan fingerprint density at radius 3 is 2.58 bits per heavy atom. The summed E-state index contributed by atoms with van der Waals surface area (Å²) in [5.74, 6) is 0.0422. The number of rotatable bonds is 11. The van der Waals surface area contributed by atoms with Gasteiger partial charge in [0, 0.05) is 13.0 Å². The van der Waals surface area contributed by atoms with Gasteiger partial charge in [-0.1, -0.05) is 66.8 Å². The second-order valence-electron chi connectivity index (χ2n) is 7.90. The summed E-state index contributed by atoms with van der Waals surface area (Å²) in [6.07, 6.45) is 1.53. The first kappa shape index (κ1) is 22.8. The number of carbonyl (C=O) groups is 1. The van der Waals surface area contributed by atoms with Gasteiger partial charge in [0.15, 0.2) is 5.13 Å². The zero-order valence-corrected chi connectivity index (χ0v) is 19.6. The molecule has 5 nitrogen and oxygen atoms in total. The molecule has 0 saturated heterocycles. The summed E-state index contributed by atoms with van der Waals surface area (Å²) in [5, 5.41) is 9.96. The summed E-state index contributed by atoms with van der Waals surface area (Å²) in [4.78, 5) is 18.0. The van der Waals surface area contributed by atoms with Crippen molar-refractivity contribution in [2.75, 3.05) is 18.1 Å². The number of nitrogens with zero attached hydrogens (tertiary/aromatic N) is 2. The number of carboxylic acid groups (broad SMARTS) is 1. The van der Waals surface area contributed by atoms with Crippen molar-refractivity contribution in [1.82, 2.24) is 4.98 Å². The summed E-state index contributed by atoms with van der Waals surface area (Å²) >= 11 is 1.70. The predicted octanol–water partition coefficient (Wildman–Crippen LogP) is 5.96. The molecule has 0 fully saturated rings. The lowest BCUT2D eigenvalue weighted by Gasteiger charge is -2.22. The number of benzene rings is 3. The quantitative estimate of drug-likeness (QED) is 0.299.